The van der Waals surface area contributed by atoms with Gasteiger partial charge in [-0.2, -0.15) is 0 Å². The number of thiazole rings is 1. The van der Waals surface area contributed by atoms with E-state index >= 15 is 0 Å². The van der Waals surface area contributed by atoms with E-state index in [-0.39, 0.29) is 18.6 Å². The summed E-state index contributed by atoms with van der Waals surface area (Å²) in [5.41, 5.74) is 2.94. The monoisotopic (exact) mass is 317 g/mol. The molecule has 5 heteroatoms. The molecule has 1 N–H and O–H groups in total. The van der Waals surface area contributed by atoms with Crippen LogP contribution in [0.25, 0.3) is 10.6 Å². The van der Waals surface area contributed by atoms with Gasteiger partial charge in [-0.25, -0.2) is 4.98 Å². The topological polar surface area (TPSA) is 67.3 Å². The Morgan fingerprint density at radius 3 is 2.55 bits per heavy atom. The van der Waals surface area contributed by atoms with Crippen LogP contribution in [-0.4, -0.2) is 21.8 Å². The van der Waals surface area contributed by atoms with Crippen LogP contribution in [0.1, 0.15) is 31.0 Å². The van der Waals surface area contributed by atoms with Crippen LogP contribution in [0.2, 0.25) is 0 Å². The fraction of sp³-hybridized carbons (Fsp3) is 0.353. The van der Waals surface area contributed by atoms with Gasteiger partial charge in [-0.05, 0) is 13.3 Å². The molecule has 2 rings (SSSR count). The zero-order valence-electron chi connectivity index (χ0n) is 12.7. The molecule has 116 valence electrons. The molecule has 0 saturated carbocycles. The molecule has 1 heterocycles. The maximum Gasteiger partial charge on any atom is 0.306 e. The number of carbonyl (C=O) groups excluding carboxylic acids is 1. The third-order valence-corrected chi connectivity index (χ3v) is 4.48. The molecule has 1 unspecified atom stereocenters. The normalized spacial score (nSPS) is 12.1. The highest BCUT2D eigenvalue weighted by molar-refractivity contribution is 7.13. The highest BCUT2D eigenvalue weighted by Gasteiger charge is 2.19. The van der Waals surface area contributed by atoms with Gasteiger partial charge in [0.2, 0.25) is 0 Å². The van der Waals surface area contributed by atoms with Crippen molar-refractivity contribution in [2.45, 2.75) is 33.1 Å². The number of carboxylic acids is 1. The van der Waals surface area contributed by atoms with Gasteiger partial charge in [0.05, 0.1) is 11.6 Å². The molecule has 0 radical (unpaired) electrons. The van der Waals surface area contributed by atoms with Crippen molar-refractivity contribution in [2.75, 3.05) is 0 Å². The number of hydrogen-bond acceptors (Lipinski definition) is 4. The lowest BCUT2D eigenvalue weighted by atomic mass is 9.98. The summed E-state index contributed by atoms with van der Waals surface area (Å²) in [4.78, 5) is 27.4. The maximum absolute atomic E-state index is 12.0. The summed E-state index contributed by atoms with van der Waals surface area (Å²) in [7, 11) is 0. The lowest BCUT2D eigenvalue weighted by Gasteiger charge is -2.07. The second-order valence-electron chi connectivity index (χ2n) is 5.37. The predicted molar refractivity (Wildman–Crippen MR) is 87.0 cm³/mol. The van der Waals surface area contributed by atoms with Crippen molar-refractivity contribution in [1.29, 1.82) is 0 Å². The summed E-state index contributed by atoms with van der Waals surface area (Å²) in [6.07, 6.45) is 0.738. The SMILES string of the molecule is CCC(CC(=O)Cc1csc(-c2ccc(C)cc2)n1)C(=O)O. The first-order valence-electron chi connectivity index (χ1n) is 7.25. The van der Waals surface area contributed by atoms with Gasteiger partial charge in [-0.3, -0.25) is 9.59 Å². The fourth-order valence-electron chi connectivity index (χ4n) is 2.17. The summed E-state index contributed by atoms with van der Waals surface area (Å²) in [6, 6.07) is 8.08. The second kappa shape index (κ2) is 7.31. The number of rotatable bonds is 7. The third kappa shape index (κ3) is 4.24. The molecule has 22 heavy (non-hydrogen) atoms. The molecule has 0 amide bonds. The fourth-order valence-corrected chi connectivity index (χ4v) is 3.00. The Morgan fingerprint density at radius 2 is 1.95 bits per heavy atom. The minimum atomic E-state index is -0.908. The van der Waals surface area contributed by atoms with Crippen LogP contribution in [-0.2, 0) is 16.0 Å². The van der Waals surface area contributed by atoms with Gasteiger partial charge < -0.3 is 5.11 Å². The van der Waals surface area contributed by atoms with E-state index in [9.17, 15) is 9.59 Å². The van der Waals surface area contributed by atoms with Crippen LogP contribution in [0.5, 0.6) is 0 Å². The number of hydrogen-bond donors (Lipinski definition) is 1. The Labute approximate surface area is 133 Å². The summed E-state index contributed by atoms with van der Waals surface area (Å²) in [5, 5.41) is 11.7. The van der Waals surface area contributed by atoms with E-state index < -0.39 is 11.9 Å². The Morgan fingerprint density at radius 1 is 1.27 bits per heavy atom. The van der Waals surface area contributed by atoms with E-state index in [1.807, 2.05) is 36.6 Å². The molecule has 0 spiro atoms. The highest BCUT2D eigenvalue weighted by atomic mass is 32.1. The first-order valence-corrected chi connectivity index (χ1v) is 8.13. The molecule has 0 aliphatic rings. The van der Waals surface area contributed by atoms with Crippen LogP contribution in [0.4, 0.5) is 0 Å². The molecular formula is C17H19NO3S. The van der Waals surface area contributed by atoms with E-state index in [1.54, 1.807) is 6.92 Å². The third-order valence-electron chi connectivity index (χ3n) is 3.54. The maximum atomic E-state index is 12.0. The lowest BCUT2D eigenvalue weighted by molar-refractivity contribution is -0.143. The Kier molecular flexibility index (Phi) is 5.44. The molecule has 0 aliphatic heterocycles. The van der Waals surface area contributed by atoms with Crippen molar-refractivity contribution in [3.63, 3.8) is 0 Å². The standard InChI is InChI=1S/C17H19NO3S/c1-3-12(17(20)21)8-15(19)9-14-10-22-16(18-14)13-6-4-11(2)5-7-13/h4-7,10,12H,3,8-9H2,1-2H3,(H,20,21). The number of ketones is 1. The van der Waals surface area contributed by atoms with Crippen LogP contribution in [0.15, 0.2) is 29.6 Å². The smallest absolute Gasteiger partial charge is 0.306 e. The van der Waals surface area contributed by atoms with Crippen molar-refractivity contribution < 1.29 is 14.7 Å². The molecule has 2 aromatic rings. The van der Waals surface area contributed by atoms with Crippen molar-refractivity contribution in [2.24, 2.45) is 5.92 Å². The predicted octanol–water partition coefficient (Wildman–Crippen LogP) is 3.73. The van der Waals surface area contributed by atoms with E-state index in [0.717, 1.165) is 10.6 Å². The highest BCUT2D eigenvalue weighted by Crippen LogP contribution is 2.24. The van der Waals surface area contributed by atoms with Crippen LogP contribution in [0.3, 0.4) is 0 Å². The van der Waals surface area contributed by atoms with E-state index in [2.05, 4.69) is 4.98 Å². The number of Topliss-reactive ketones (excluding diaryl/α,β-unsaturated/α-hetero) is 1. The Balaban J connectivity index is 2.01. The van der Waals surface area contributed by atoms with Crippen molar-refractivity contribution in [3.05, 3.63) is 40.9 Å². The molecule has 0 fully saturated rings. The first kappa shape index (κ1) is 16.4. The molecule has 0 saturated heterocycles. The molecular weight excluding hydrogens is 298 g/mol. The van der Waals surface area contributed by atoms with Crippen LogP contribution in [0, 0.1) is 12.8 Å². The largest absolute Gasteiger partial charge is 0.481 e. The van der Waals surface area contributed by atoms with Crippen molar-refractivity contribution in [3.8, 4) is 10.6 Å². The summed E-state index contributed by atoms with van der Waals surface area (Å²) >= 11 is 1.50. The van der Waals surface area contributed by atoms with Crippen LogP contribution >= 0.6 is 11.3 Å². The van der Waals surface area contributed by atoms with Gasteiger partial charge in [0, 0.05) is 23.8 Å². The Bertz CT molecular complexity index is 661. The molecule has 1 aromatic carbocycles. The average Bonchev–Trinajstić information content (AvgIpc) is 2.93. The van der Waals surface area contributed by atoms with E-state index in [4.69, 9.17) is 5.11 Å². The number of aromatic nitrogens is 1. The number of carbonyl (C=O) groups is 2. The molecule has 0 bridgehead atoms. The number of aryl methyl sites for hydroxylation is 1. The minimum Gasteiger partial charge on any atom is -0.481 e. The number of nitrogens with zero attached hydrogens (tertiary/aromatic N) is 1. The van der Waals surface area contributed by atoms with Gasteiger partial charge in [0.25, 0.3) is 0 Å². The van der Waals surface area contributed by atoms with Crippen LogP contribution < -0.4 is 0 Å². The van der Waals surface area contributed by atoms with Gasteiger partial charge in [0.15, 0.2) is 0 Å². The van der Waals surface area contributed by atoms with Gasteiger partial charge in [0.1, 0.15) is 10.8 Å². The summed E-state index contributed by atoms with van der Waals surface area (Å²) in [5.74, 6) is -1.58. The first-order chi connectivity index (χ1) is 10.5. The Hall–Kier alpha value is -2.01. The van der Waals surface area contributed by atoms with E-state index in [1.165, 1.54) is 16.9 Å². The van der Waals surface area contributed by atoms with Gasteiger partial charge >= 0.3 is 5.97 Å². The van der Waals surface area contributed by atoms with Crippen molar-refractivity contribution >= 4 is 23.1 Å². The molecule has 4 nitrogen and oxygen atoms in total. The number of benzene rings is 1. The zero-order chi connectivity index (χ0) is 16.1. The molecule has 1 atom stereocenters. The lowest BCUT2D eigenvalue weighted by Crippen LogP contribution is -2.18. The average molecular weight is 317 g/mol. The molecule has 0 aliphatic carbocycles. The van der Waals surface area contributed by atoms with E-state index in [0.29, 0.717) is 12.1 Å². The zero-order valence-corrected chi connectivity index (χ0v) is 13.5. The van der Waals surface area contributed by atoms with Gasteiger partial charge in [-0.15, -0.1) is 11.3 Å². The van der Waals surface area contributed by atoms with Crippen molar-refractivity contribution in [1.82, 2.24) is 4.98 Å². The summed E-state index contributed by atoms with van der Waals surface area (Å²) < 4.78 is 0. The number of carboxylic acid groups (broad SMARTS) is 1. The van der Waals surface area contributed by atoms with Gasteiger partial charge in [-0.1, -0.05) is 36.8 Å². The molecule has 1 aromatic heterocycles. The summed E-state index contributed by atoms with van der Waals surface area (Å²) in [6.45, 7) is 3.81. The minimum absolute atomic E-state index is 0.0726. The second-order valence-corrected chi connectivity index (χ2v) is 6.23. The number of aliphatic carboxylic acids is 1. The quantitative estimate of drug-likeness (QED) is 0.845.